The number of nitro groups is 1. The summed E-state index contributed by atoms with van der Waals surface area (Å²) in [5, 5.41) is 17.2. The minimum atomic E-state index is -3.86. The van der Waals surface area contributed by atoms with Crippen LogP contribution in [0.25, 0.3) is 0 Å². The Hall–Kier alpha value is -2.98. The number of hydrogen-bond acceptors (Lipinski definition) is 6. The minimum Gasteiger partial charge on any atom is -0.385 e. The van der Waals surface area contributed by atoms with Crippen molar-refractivity contribution in [1.29, 1.82) is 0 Å². The maximum atomic E-state index is 13.0. The molecule has 1 aliphatic rings. The highest BCUT2D eigenvalue weighted by Crippen LogP contribution is 2.28. The second kappa shape index (κ2) is 10.6. The average molecular weight is 461 g/mol. The molecule has 32 heavy (non-hydrogen) atoms. The Morgan fingerprint density at radius 2 is 1.81 bits per heavy atom. The number of aryl methyl sites for hydroxylation is 1. The van der Waals surface area contributed by atoms with E-state index >= 15 is 0 Å². The molecule has 1 saturated heterocycles. The first kappa shape index (κ1) is 23.7. The van der Waals surface area contributed by atoms with Crippen molar-refractivity contribution in [2.24, 2.45) is 5.92 Å². The lowest BCUT2D eigenvalue weighted by atomic mass is 9.97. The molecule has 9 nitrogen and oxygen atoms in total. The van der Waals surface area contributed by atoms with Crippen LogP contribution in [-0.2, 0) is 14.8 Å². The van der Waals surface area contributed by atoms with E-state index in [1.54, 1.807) is 6.92 Å². The van der Waals surface area contributed by atoms with Crippen LogP contribution in [0, 0.1) is 23.0 Å². The number of anilines is 1. The first-order valence-electron chi connectivity index (χ1n) is 10.6. The lowest BCUT2D eigenvalue weighted by Crippen LogP contribution is -2.43. The molecule has 1 amide bonds. The first-order valence-corrected chi connectivity index (χ1v) is 12.0. The Kier molecular flexibility index (Phi) is 7.81. The zero-order chi connectivity index (χ0) is 23.1. The van der Waals surface area contributed by atoms with Gasteiger partial charge < -0.3 is 10.6 Å². The summed E-state index contributed by atoms with van der Waals surface area (Å²) in [6.45, 7) is 3.31. The Balaban J connectivity index is 1.47. The standard InChI is InChI=1S/C22H28N4O5S/c1-17-8-9-20(26(28)29)16-21(17)32(30,31)25-14-10-18(11-15-25)22(27)24-13-5-12-23-19-6-3-2-4-7-19/h2-4,6-9,16,18,23H,5,10-15H2,1H3,(H,24,27). The maximum Gasteiger partial charge on any atom is 0.270 e. The Morgan fingerprint density at radius 1 is 1.12 bits per heavy atom. The van der Waals surface area contributed by atoms with Gasteiger partial charge in [0, 0.05) is 49.9 Å². The molecule has 0 aromatic heterocycles. The number of non-ortho nitro benzene ring substituents is 1. The number of sulfonamides is 1. The number of nitrogens with one attached hydrogen (secondary N) is 2. The molecule has 1 aliphatic heterocycles. The molecule has 2 aromatic carbocycles. The number of nitrogens with zero attached hydrogens (tertiary/aromatic N) is 2. The molecule has 0 atom stereocenters. The van der Waals surface area contributed by atoms with Gasteiger partial charge in [0.2, 0.25) is 15.9 Å². The lowest BCUT2D eigenvalue weighted by Gasteiger charge is -2.30. The van der Waals surface area contributed by atoms with Crippen molar-refractivity contribution in [2.45, 2.75) is 31.1 Å². The largest absolute Gasteiger partial charge is 0.385 e. The van der Waals surface area contributed by atoms with Gasteiger partial charge in [-0.25, -0.2) is 8.42 Å². The second-order valence-corrected chi connectivity index (χ2v) is 9.73. The monoisotopic (exact) mass is 460 g/mol. The van der Waals surface area contributed by atoms with Gasteiger partial charge in [-0.3, -0.25) is 14.9 Å². The fraction of sp³-hybridized carbons (Fsp3) is 0.409. The van der Waals surface area contributed by atoms with Crippen LogP contribution in [0.4, 0.5) is 11.4 Å². The normalized spacial score (nSPS) is 15.3. The van der Waals surface area contributed by atoms with Crippen molar-refractivity contribution in [1.82, 2.24) is 9.62 Å². The number of amides is 1. The summed E-state index contributed by atoms with van der Waals surface area (Å²) in [5.41, 5.74) is 1.23. The lowest BCUT2D eigenvalue weighted by molar-refractivity contribution is -0.385. The van der Waals surface area contributed by atoms with Crippen LogP contribution < -0.4 is 10.6 Å². The molecule has 0 saturated carbocycles. The first-order chi connectivity index (χ1) is 15.3. The van der Waals surface area contributed by atoms with E-state index in [1.807, 2.05) is 30.3 Å². The molecule has 0 radical (unpaired) electrons. The number of hydrogen-bond donors (Lipinski definition) is 2. The quantitative estimate of drug-likeness (QED) is 0.337. The van der Waals surface area contributed by atoms with Gasteiger partial charge in [-0.15, -0.1) is 0 Å². The summed E-state index contributed by atoms with van der Waals surface area (Å²) in [7, 11) is -3.86. The molecule has 172 valence electrons. The SMILES string of the molecule is Cc1ccc([N+](=O)[O-])cc1S(=O)(=O)N1CCC(C(=O)NCCCNc2ccccc2)CC1. The number of nitro benzene ring substituents is 1. The van der Waals surface area contributed by atoms with Gasteiger partial charge >= 0.3 is 0 Å². The molecule has 2 aromatic rings. The van der Waals surface area contributed by atoms with Crippen molar-refractivity contribution in [3.05, 3.63) is 64.2 Å². The predicted molar refractivity (Wildman–Crippen MR) is 122 cm³/mol. The van der Waals surface area contributed by atoms with Crippen LogP contribution in [0.5, 0.6) is 0 Å². The van der Waals surface area contributed by atoms with Crippen molar-refractivity contribution >= 4 is 27.3 Å². The van der Waals surface area contributed by atoms with E-state index in [-0.39, 0.29) is 35.5 Å². The third-order valence-corrected chi connectivity index (χ3v) is 7.62. The zero-order valence-corrected chi connectivity index (χ0v) is 18.8. The average Bonchev–Trinajstić information content (AvgIpc) is 2.79. The molecule has 1 fully saturated rings. The van der Waals surface area contributed by atoms with E-state index in [1.165, 1.54) is 16.4 Å². The van der Waals surface area contributed by atoms with Crippen molar-refractivity contribution in [3.63, 3.8) is 0 Å². The molecule has 1 heterocycles. The van der Waals surface area contributed by atoms with E-state index in [2.05, 4.69) is 10.6 Å². The third kappa shape index (κ3) is 5.83. The molecule has 0 bridgehead atoms. The number of benzene rings is 2. The Labute approximate surface area is 188 Å². The van der Waals surface area contributed by atoms with Gasteiger partial charge in [-0.1, -0.05) is 24.3 Å². The van der Waals surface area contributed by atoms with E-state index in [0.717, 1.165) is 24.7 Å². The summed E-state index contributed by atoms with van der Waals surface area (Å²) in [6, 6.07) is 13.7. The predicted octanol–water partition coefficient (Wildman–Crippen LogP) is 2.92. The van der Waals surface area contributed by atoms with Gasteiger partial charge in [0.25, 0.3) is 5.69 Å². The molecule has 3 rings (SSSR count). The van der Waals surface area contributed by atoms with E-state index in [4.69, 9.17) is 0 Å². The Bertz CT molecular complexity index is 1050. The fourth-order valence-corrected chi connectivity index (χ4v) is 5.43. The molecule has 0 aliphatic carbocycles. The molecule has 0 unspecified atom stereocenters. The second-order valence-electron chi connectivity index (χ2n) is 7.82. The molecular formula is C22H28N4O5S. The number of rotatable bonds is 9. The third-order valence-electron chi connectivity index (χ3n) is 5.58. The number of carbonyl (C=O) groups excluding carboxylic acids is 1. The molecule has 0 spiro atoms. The molecule has 2 N–H and O–H groups in total. The van der Waals surface area contributed by atoms with Crippen LogP contribution in [0.1, 0.15) is 24.8 Å². The molecular weight excluding hydrogens is 432 g/mol. The smallest absolute Gasteiger partial charge is 0.270 e. The minimum absolute atomic E-state index is 0.0551. The summed E-state index contributed by atoms with van der Waals surface area (Å²) in [6.07, 6.45) is 1.61. The van der Waals surface area contributed by atoms with Gasteiger partial charge in [-0.05, 0) is 43.9 Å². The highest BCUT2D eigenvalue weighted by molar-refractivity contribution is 7.89. The topological polar surface area (TPSA) is 122 Å². The summed E-state index contributed by atoms with van der Waals surface area (Å²) < 4.78 is 27.3. The number of piperidine rings is 1. The number of para-hydroxylation sites is 1. The summed E-state index contributed by atoms with van der Waals surface area (Å²) in [4.78, 5) is 22.8. The van der Waals surface area contributed by atoms with Crippen molar-refractivity contribution in [3.8, 4) is 0 Å². The van der Waals surface area contributed by atoms with Gasteiger partial charge in [0.1, 0.15) is 0 Å². The van der Waals surface area contributed by atoms with E-state index < -0.39 is 14.9 Å². The van der Waals surface area contributed by atoms with Crippen LogP contribution in [0.3, 0.4) is 0 Å². The maximum absolute atomic E-state index is 13.0. The summed E-state index contributed by atoms with van der Waals surface area (Å²) in [5.74, 6) is -0.303. The van der Waals surface area contributed by atoms with Crippen LogP contribution in [0.2, 0.25) is 0 Å². The van der Waals surface area contributed by atoms with Crippen LogP contribution in [-0.4, -0.2) is 49.7 Å². The highest BCUT2D eigenvalue weighted by Gasteiger charge is 2.33. The fourth-order valence-electron chi connectivity index (χ4n) is 3.71. The Morgan fingerprint density at radius 3 is 2.47 bits per heavy atom. The van der Waals surface area contributed by atoms with E-state index in [9.17, 15) is 23.3 Å². The van der Waals surface area contributed by atoms with Crippen LogP contribution in [0.15, 0.2) is 53.4 Å². The van der Waals surface area contributed by atoms with Crippen molar-refractivity contribution < 1.29 is 18.1 Å². The van der Waals surface area contributed by atoms with E-state index in [0.29, 0.717) is 24.9 Å². The number of carbonyl (C=O) groups is 1. The zero-order valence-electron chi connectivity index (χ0n) is 18.0. The van der Waals surface area contributed by atoms with Crippen molar-refractivity contribution in [2.75, 3.05) is 31.5 Å². The molecule has 10 heteroatoms. The highest BCUT2D eigenvalue weighted by atomic mass is 32.2. The van der Waals surface area contributed by atoms with Gasteiger partial charge in [0.05, 0.1) is 9.82 Å². The van der Waals surface area contributed by atoms with Gasteiger partial charge in [-0.2, -0.15) is 4.31 Å². The summed E-state index contributed by atoms with van der Waals surface area (Å²) >= 11 is 0. The van der Waals surface area contributed by atoms with Crippen LogP contribution >= 0.6 is 0 Å². The van der Waals surface area contributed by atoms with Gasteiger partial charge in [0.15, 0.2) is 0 Å².